The number of benzene rings is 3. The summed E-state index contributed by atoms with van der Waals surface area (Å²) in [5.74, 6) is 6.11. The summed E-state index contributed by atoms with van der Waals surface area (Å²) in [5, 5.41) is 4.93. The molecule has 0 spiro atoms. The van der Waals surface area contributed by atoms with Crippen LogP contribution in [-0.2, 0) is 12.7 Å². The molecule has 0 atom stereocenters. The zero-order valence-electron chi connectivity index (χ0n) is 24.4. The number of carbonyl (C=O) groups is 1. The quantitative estimate of drug-likeness (QED) is 0.252. The summed E-state index contributed by atoms with van der Waals surface area (Å²) in [4.78, 5) is 20.8. The van der Waals surface area contributed by atoms with Gasteiger partial charge < -0.3 is 10.2 Å². The van der Waals surface area contributed by atoms with E-state index in [4.69, 9.17) is 0 Å². The van der Waals surface area contributed by atoms with Crippen molar-refractivity contribution < 1.29 is 18.0 Å². The lowest BCUT2D eigenvalue weighted by atomic mass is 10.0. The third-order valence-electron chi connectivity index (χ3n) is 7.81. The van der Waals surface area contributed by atoms with Crippen molar-refractivity contribution in [2.24, 2.45) is 0 Å². The second kappa shape index (κ2) is 13.4. The van der Waals surface area contributed by atoms with Crippen molar-refractivity contribution in [3.63, 3.8) is 0 Å². The van der Waals surface area contributed by atoms with E-state index in [0.717, 1.165) is 43.2 Å². The van der Waals surface area contributed by atoms with E-state index in [2.05, 4.69) is 33.1 Å². The second-order valence-corrected chi connectivity index (χ2v) is 11.1. The molecule has 3 aromatic carbocycles. The molecule has 1 saturated heterocycles. The summed E-state index contributed by atoms with van der Waals surface area (Å²) in [5.41, 5.74) is 2.34. The van der Waals surface area contributed by atoms with E-state index in [9.17, 15) is 18.0 Å². The maximum absolute atomic E-state index is 13.7. The largest absolute Gasteiger partial charge is 0.416 e. The molecule has 2 heterocycles. The monoisotopic (exact) mass is 584 g/mol. The third kappa shape index (κ3) is 8.01. The van der Waals surface area contributed by atoms with Gasteiger partial charge in [-0.1, -0.05) is 48.4 Å². The number of carbonyl (C=O) groups excluding carboxylic acids is 1. The number of hydrogen-bond acceptors (Lipinski definition) is 4. The van der Waals surface area contributed by atoms with Crippen LogP contribution in [0.25, 0.3) is 10.8 Å². The van der Waals surface area contributed by atoms with Crippen LogP contribution in [0.15, 0.2) is 79.1 Å². The maximum Gasteiger partial charge on any atom is 0.416 e. The van der Waals surface area contributed by atoms with E-state index in [1.807, 2.05) is 55.4 Å². The number of fused-ring (bicyclic) bond motifs is 1. The minimum atomic E-state index is -4.48. The summed E-state index contributed by atoms with van der Waals surface area (Å²) in [7, 11) is 2.01. The fourth-order valence-electron chi connectivity index (χ4n) is 5.18. The highest BCUT2D eigenvalue weighted by atomic mass is 19.4. The molecule has 0 radical (unpaired) electrons. The van der Waals surface area contributed by atoms with Crippen molar-refractivity contribution in [1.82, 2.24) is 14.8 Å². The van der Waals surface area contributed by atoms with E-state index < -0.39 is 17.6 Å². The Kier molecular flexibility index (Phi) is 9.44. The lowest BCUT2D eigenvalue weighted by Crippen LogP contribution is -2.44. The van der Waals surface area contributed by atoms with Crippen LogP contribution in [-0.4, -0.2) is 53.9 Å². The molecule has 0 bridgehead atoms. The Morgan fingerprint density at radius 2 is 1.70 bits per heavy atom. The van der Waals surface area contributed by atoms with Gasteiger partial charge in [-0.25, -0.2) is 0 Å². The fourth-order valence-corrected chi connectivity index (χ4v) is 5.18. The molecule has 1 N–H and O–H groups in total. The average molecular weight is 585 g/mol. The number of alkyl halides is 3. The van der Waals surface area contributed by atoms with Crippen LogP contribution in [0.4, 0.5) is 18.9 Å². The first-order valence-corrected chi connectivity index (χ1v) is 14.5. The first-order chi connectivity index (χ1) is 20.7. The van der Waals surface area contributed by atoms with Crippen LogP contribution >= 0.6 is 0 Å². The van der Waals surface area contributed by atoms with Crippen molar-refractivity contribution in [2.75, 3.05) is 38.5 Å². The molecular formula is C35H35F3N4O. The molecule has 8 heteroatoms. The molecule has 2 fully saturated rings. The molecule has 222 valence electrons. The SMILES string of the molecule is CC#Cc1cncc2ccccc12.CN1CCN(Cc2ccc(NC(=O)c3ccc(C4CC4)cc3)cc2C(F)(F)F)CC1. The number of rotatable bonds is 5. The van der Waals surface area contributed by atoms with Crippen LogP contribution in [0.5, 0.6) is 0 Å². The Hall–Kier alpha value is -4.19. The highest BCUT2D eigenvalue weighted by Gasteiger charge is 2.34. The Balaban J connectivity index is 0.000000235. The van der Waals surface area contributed by atoms with Crippen molar-refractivity contribution in [1.29, 1.82) is 0 Å². The highest BCUT2D eigenvalue weighted by molar-refractivity contribution is 6.04. The summed E-state index contributed by atoms with van der Waals surface area (Å²) >= 11 is 0. The van der Waals surface area contributed by atoms with Gasteiger partial charge in [0.1, 0.15) is 0 Å². The minimum absolute atomic E-state index is 0.153. The molecule has 43 heavy (non-hydrogen) atoms. The first kappa shape index (κ1) is 30.3. The lowest BCUT2D eigenvalue weighted by Gasteiger charge is -2.33. The van der Waals surface area contributed by atoms with Crippen LogP contribution in [0, 0.1) is 11.8 Å². The Bertz CT molecular complexity index is 1620. The van der Waals surface area contributed by atoms with Crippen molar-refractivity contribution in [2.45, 2.75) is 38.4 Å². The van der Waals surface area contributed by atoms with Gasteiger partial charge in [0.15, 0.2) is 0 Å². The van der Waals surface area contributed by atoms with Crippen LogP contribution in [0.1, 0.15) is 58.3 Å². The number of pyridine rings is 1. The number of nitrogens with zero attached hydrogens (tertiary/aromatic N) is 3. The van der Waals surface area contributed by atoms with E-state index in [1.54, 1.807) is 24.4 Å². The van der Waals surface area contributed by atoms with Gasteiger partial charge in [0.2, 0.25) is 0 Å². The molecule has 1 aliphatic heterocycles. The molecule has 1 aromatic heterocycles. The number of nitrogens with one attached hydrogen (secondary N) is 1. The summed E-state index contributed by atoms with van der Waals surface area (Å²) in [6.45, 7) is 5.25. The number of aromatic nitrogens is 1. The van der Waals surface area contributed by atoms with E-state index >= 15 is 0 Å². The zero-order chi connectivity index (χ0) is 30.4. The van der Waals surface area contributed by atoms with Crippen LogP contribution in [0.3, 0.4) is 0 Å². The van der Waals surface area contributed by atoms with Gasteiger partial charge in [0, 0.05) is 67.1 Å². The maximum atomic E-state index is 13.7. The molecule has 5 nitrogen and oxygen atoms in total. The smallest absolute Gasteiger partial charge is 0.322 e. The van der Waals surface area contributed by atoms with E-state index in [1.165, 1.54) is 29.9 Å². The molecule has 2 aliphatic rings. The molecule has 0 unspecified atom stereocenters. The molecule has 4 aromatic rings. The van der Waals surface area contributed by atoms with Crippen molar-refractivity contribution in [3.8, 4) is 11.8 Å². The molecule has 6 rings (SSSR count). The van der Waals surface area contributed by atoms with Crippen molar-refractivity contribution >= 4 is 22.4 Å². The predicted molar refractivity (Wildman–Crippen MR) is 165 cm³/mol. The third-order valence-corrected chi connectivity index (χ3v) is 7.81. The number of halogens is 3. The second-order valence-electron chi connectivity index (χ2n) is 11.1. The number of anilines is 1. The summed E-state index contributed by atoms with van der Waals surface area (Å²) < 4.78 is 41.1. The molecular weight excluding hydrogens is 549 g/mol. The number of likely N-dealkylation sites (N-methyl/N-ethyl adjacent to an activating group) is 1. The topological polar surface area (TPSA) is 48.5 Å². The van der Waals surface area contributed by atoms with Gasteiger partial charge >= 0.3 is 6.18 Å². The standard InChI is InChI=1S/C23H26F3N3O.C12H9N/c1-28-10-12-29(13-11-28)15-19-8-9-20(14-21(19)23(24,25)26)27-22(30)18-6-4-17(5-7-18)16-2-3-16;1-2-5-10-8-13-9-11-6-3-4-7-12(10)11/h4-9,14,16H,2-3,10-13,15H2,1H3,(H,27,30);3-4,6-9H,1H3. The Morgan fingerprint density at radius 1 is 0.977 bits per heavy atom. The predicted octanol–water partition coefficient (Wildman–Crippen LogP) is 7.19. The summed E-state index contributed by atoms with van der Waals surface area (Å²) in [6, 6.07) is 19.5. The first-order valence-electron chi connectivity index (χ1n) is 14.5. The fraction of sp³-hybridized carbons (Fsp3) is 0.314. The van der Waals surface area contributed by atoms with Gasteiger partial charge in [0.25, 0.3) is 5.91 Å². The van der Waals surface area contributed by atoms with Gasteiger partial charge in [-0.15, -0.1) is 5.92 Å². The highest BCUT2D eigenvalue weighted by Crippen LogP contribution is 2.40. The molecule has 1 aliphatic carbocycles. The van der Waals surface area contributed by atoms with Gasteiger partial charge in [0.05, 0.1) is 11.1 Å². The van der Waals surface area contributed by atoms with Crippen LogP contribution < -0.4 is 5.32 Å². The van der Waals surface area contributed by atoms with Crippen molar-refractivity contribution in [3.05, 3.63) is 107 Å². The van der Waals surface area contributed by atoms with Crippen LogP contribution in [0.2, 0.25) is 0 Å². The number of piperazine rings is 1. The number of hydrogen-bond donors (Lipinski definition) is 1. The van der Waals surface area contributed by atoms with E-state index in [-0.39, 0.29) is 17.8 Å². The Labute approximate surface area is 250 Å². The molecule has 1 amide bonds. The normalized spacial score (nSPS) is 15.7. The van der Waals surface area contributed by atoms with Gasteiger partial charge in [-0.3, -0.25) is 14.7 Å². The average Bonchev–Trinajstić information content (AvgIpc) is 3.85. The minimum Gasteiger partial charge on any atom is -0.322 e. The zero-order valence-corrected chi connectivity index (χ0v) is 24.4. The van der Waals surface area contributed by atoms with E-state index in [0.29, 0.717) is 11.5 Å². The van der Waals surface area contributed by atoms with Gasteiger partial charge in [-0.05, 0) is 68.1 Å². The lowest BCUT2D eigenvalue weighted by molar-refractivity contribution is -0.138. The summed E-state index contributed by atoms with van der Waals surface area (Å²) in [6.07, 6.45) is 1.53. The van der Waals surface area contributed by atoms with Gasteiger partial charge in [-0.2, -0.15) is 13.2 Å². The number of amides is 1. The Morgan fingerprint density at radius 3 is 2.37 bits per heavy atom. The molecule has 1 saturated carbocycles.